The lowest BCUT2D eigenvalue weighted by Gasteiger charge is -2.27. The standard InChI is InChI=1S/C23H21Cl2NO4S/c24-18-6-4-16(5-7-18)12-23(27)26(20-10-11-31(28,29)15-20)14-21-8-9-22(30-21)17-2-1-3-19(25)13-17/h1-9,13,20H,10-12,14-15H2. The number of carbonyl (C=O) groups is 1. The maximum atomic E-state index is 13.2. The number of rotatable bonds is 6. The summed E-state index contributed by atoms with van der Waals surface area (Å²) in [4.78, 5) is 14.8. The molecule has 1 aliphatic rings. The normalized spacial score (nSPS) is 17.5. The molecule has 8 heteroatoms. The summed E-state index contributed by atoms with van der Waals surface area (Å²) in [7, 11) is -3.14. The minimum Gasteiger partial charge on any atom is -0.459 e. The highest BCUT2D eigenvalue weighted by molar-refractivity contribution is 7.91. The fraction of sp³-hybridized carbons (Fsp3) is 0.261. The first-order chi connectivity index (χ1) is 14.8. The molecule has 0 aliphatic carbocycles. The Balaban J connectivity index is 1.56. The third kappa shape index (κ3) is 5.50. The highest BCUT2D eigenvalue weighted by atomic mass is 35.5. The van der Waals surface area contributed by atoms with Crippen LogP contribution in [0.1, 0.15) is 17.7 Å². The number of hydrogen-bond donors (Lipinski definition) is 0. The molecular formula is C23H21Cl2NO4S. The van der Waals surface area contributed by atoms with Crippen molar-refractivity contribution in [1.82, 2.24) is 4.90 Å². The summed E-state index contributed by atoms with van der Waals surface area (Å²) in [6, 6.07) is 17.6. The van der Waals surface area contributed by atoms with E-state index in [1.165, 1.54) is 0 Å². The molecule has 162 valence electrons. The van der Waals surface area contributed by atoms with Crippen LogP contribution in [-0.2, 0) is 27.6 Å². The number of hydrogen-bond acceptors (Lipinski definition) is 4. The molecule has 1 unspecified atom stereocenters. The topological polar surface area (TPSA) is 67.6 Å². The van der Waals surface area contributed by atoms with Crippen molar-refractivity contribution < 1.29 is 17.6 Å². The smallest absolute Gasteiger partial charge is 0.227 e. The predicted molar refractivity (Wildman–Crippen MR) is 122 cm³/mol. The van der Waals surface area contributed by atoms with E-state index in [0.717, 1.165) is 11.1 Å². The van der Waals surface area contributed by atoms with Crippen LogP contribution in [-0.4, -0.2) is 36.8 Å². The van der Waals surface area contributed by atoms with Gasteiger partial charge >= 0.3 is 0 Å². The van der Waals surface area contributed by atoms with Crippen molar-refractivity contribution in [2.24, 2.45) is 0 Å². The molecule has 4 rings (SSSR count). The molecule has 3 aromatic rings. The summed E-state index contributed by atoms with van der Waals surface area (Å²) in [5, 5.41) is 1.20. The molecule has 0 N–H and O–H groups in total. The van der Waals surface area contributed by atoms with E-state index >= 15 is 0 Å². The second-order valence-electron chi connectivity index (χ2n) is 7.66. The Hall–Kier alpha value is -2.28. The summed E-state index contributed by atoms with van der Waals surface area (Å²) in [6.45, 7) is 0.202. The van der Waals surface area contributed by atoms with Crippen LogP contribution in [0.2, 0.25) is 10.0 Å². The SMILES string of the molecule is O=C(Cc1ccc(Cl)cc1)N(Cc1ccc(-c2cccc(Cl)c2)o1)C1CCS(=O)(=O)C1. The molecule has 0 bridgehead atoms. The lowest BCUT2D eigenvalue weighted by atomic mass is 10.1. The second-order valence-corrected chi connectivity index (χ2v) is 10.8. The first-order valence-electron chi connectivity index (χ1n) is 9.88. The van der Waals surface area contributed by atoms with Gasteiger partial charge in [-0.3, -0.25) is 4.79 Å². The first-order valence-corrected chi connectivity index (χ1v) is 12.5. The largest absolute Gasteiger partial charge is 0.459 e. The van der Waals surface area contributed by atoms with Crippen LogP contribution in [0.4, 0.5) is 0 Å². The molecule has 1 fully saturated rings. The van der Waals surface area contributed by atoms with Crippen molar-refractivity contribution in [2.45, 2.75) is 25.4 Å². The van der Waals surface area contributed by atoms with Crippen molar-refractivity contribution in [1.29, 1.82) is 0 Å². The Morgan fingerprint density at radius 1 is 1.03 bits per heavy atom. The first kappa shape index (κ1) is 21.9. The van der Waals surface area contributed by atoms with E-state index in [1.807, 2.05) is 24.3 Å². The van der Waals surface area contributed by atoms with Crippen molar-refractivity contribution >= 4 is 38.9 Å². The number of amides is 1. The molecule has 1 amide bonds. The van der Waals surface area contributed by atoms with Gasteiger partial charge in [0.05, 0.1) is 24.5 Å². The van der Waals surface area contributed by atoms with E-state index in [1.54, 1.807) is 41.3 Å². The number of benzene rings is 2. The summed E-state index contributed by atoms with van der Waals surface area (Å²) in [6.07, 6.45) is 0.589. The van der Waals surface area contributed by atoms with Crippen LogP contribution in [0.5, 0.6) is 0 Å². The molecule has 1 atom stereocenters. The minimum absolute atomic E-state index is 0.0266. The molecule has 0 spiro atoms. The summed E-state index contributed by atoms with van der Waals surface area (Å²) < 4.78 is 30.1. The Morgan fingerprint density at radius 2 is 1.81 bits per heavy atom. The van der Waals surface area contributed by atoms with Crippen LogP contribution in [0.25, 0.3) is 11.3 Å². The molecular weight excluding hydrogens is 457 g/mol. The highest BCUT2D eigenvalue weighted by Gasteiger charge is 2.35. The Kier molecular flexibility index (Phi) is 6.42. The van der Waals surface area contributed by atoms with Crippen LogP contribution in [0.15, 0.2) is 65.1 Å². The third-order valence-electron chi connectivity index (χ3n) is 5.34. The summed E-state index contributed by atoms with van der Waals surface area (Å²) in [5.41, 5.74) is 1.65. The van der Waals surface area contributed by atoms with Crippen molar-refractivity contribution in [3.05, 3.63) is 82.0 Å². The molecule has 1 aromatic heterocycles. The van der Waals surface area contributed by atoms with E-state index in [-0.39, 0.29) is 36.4 Å². The van der Waals surface area contributed by atoms with Crippen LogP contribution in [0, 0.1) is 0 Å². The zero-order chi connectivity index (χ0) is 22.0. The van der Waals surface area contributed by atoms with Crippen LogP contribution < -0.4 is 0 Å². The number of nitrogens with zero attached hydrogens (tertiary/aromatic N) is 1. The van der Waals surface area contributed by atoms with Crippen LogP contribution >= 0.6 is 23.2 Å². The molecule has 2 aromatic carbocycles. The van der Waals surface area contributed by atoms with Gasteiger partial charge in [-0.15, -0.1) is 0 Å². The van der Waals surface area contributed by atoms with Crippen molar-refractivity contribution in [2.75, 3.05) is 11.5 Å². The van der Waals surface area contributed by atoms with Gasteiger partial charge in [0, 0.05) is 21.7 Å². The maximum Gasteiger partial charge on any atom is 0.227 e. The molecule has 5 nitrogen and oxygen atoms in total. The molecule has 31 heavy (non-hydrogen) atoms. The zero-order valence-electron chi connectivity index (χ0n) is 16.6. The minimum atomic E-state index is -3.14. The third-order valence-corrected chi connectivity index (χ3v) is 7.57. The molecule has 0 radical (unpaired) electrons. The average molecular weight is 478 g/mol. The number of carbonyl (C=O) groups excluding carboxylic acids is 1. The fourth-order valence-electron chi connectivity index (χ4n) is 3.75. The number of furan rings is 1. The van der Waals surface area contributed by atoms with Gasteiger partial charge in [-0.2, -0.15) is 0 Å². The van der Waals surface area contributed by atoms with Gasteiger partial charge in [-0.1, -0.05) is 47.5 Å². The van der Waals surface area contributed by atoms with Gasteiger partial charge in [-0.25, -0.2) is 8.42 Å². The van der Waals surface area contributed by atoms with E-state index in [2.05, 4.69) is 0 Å². The van der Waals surface area contributed by atoms with Crippen LogP contribution in [0.3, 0.4) is 0 Å². The number of sulfone groups is 1. The predicted octanol–water partition coefficient (Wildman–Crippen LogP) is 5.01. The maximum absolute atomic E-state index is 13.2. The molecule has 1 saturated heterocycles. The number of halogens is 2. The van der Waals surface area contributed by atoms with E-state index in [4.69, 9.17) is 27.6 Å². The molecule has 2 heterocycles. The van der Waals surface area contributed by atoms with Gasteiger partial charge in [0.15, 0.2) is 9.84 Å². The molecule has 1 aliphatic heterocycles. The van der Waals surface area contributed by atoms with Gasteiger partial charge in [0.1, 0.15) is 11.5 Å². The monoisotopic (exact) mass is 477 g/mol. The lowest BCUT2D eigenvalue weighted by Crippen LogP contribution is -2.41. The summed E-state index contributed by atoms with van der Waals surface area (Å²) >= 11 is 12.0. The lowest BCUT2D eigenvalue weighted by molar-refractivity contribution is -0.133. The molecule has 0 saturated carbocycles. The van der Waals surface area contributed by atoms with Gasteiger partial charge in [-0.05, 0) is 48.4 Å². The zero-order valence-corrected chi connectivity index (χ0v) is 19.0. The van der Waals surface area contributed by atoms with E-state index in [9.17, 15) is 13.2 Å². The fourth-order valence-corrected chi connectivity index (χ4v) is 5.80. The quantitative estimate of drug-likeness (QED) is 0.500. The van der Waals surface area contributed by atoms with Gasteiger partial charge in [0.25, 0.3) is 0 Å². The summed E-state index contributed by atoms with van der Waals surface area (Å²) in [5.74, 6) is 1.14. The van der Waals surface area contributed by atoms with Crippen molar-refractivity contribution in [3.63, 3.8) is 0 Å². The van der Waals surface area contributed by atoms with Gasteiger partial charge in [0.2, 0.25) is 5.91 Å². The second kappa shape index (κ2) is 9.07. The Bertz CT molecular complexity index is 1190. The average Bonchev–Trinajstić information content (AvgIpc) is 3.34. The Morgan fingerprint density at radius 3 is 2.48 bits per heavy atom. The van der Waals surface area contributed by atoms with E-state index < -0.39 is 9.84 Å². The van der Waals surface area contributed by atoms with E-state index in [0.29, 0.717) is 28.0 Å². The van der Waals surface area contributed by atoms with Gasteiger partial charge < -0.3 is 9.32 Å². The van der Waals surface area contributed by atoms with Crippen molar-refractivity contribution in [3.8, 4) is 11.3 Å². The highest BCUT2D eigenvalue weighted by Crippen LogP contribution is 2.27. The Labute approximate surface area is 191 Å².